The van der Waals surface area contributed by atoms with Gasteiger partial charge in [0, 0.05) is 32.1 Å². The number of hydrogen-bond acceptors (Lipinski definition) is 7. The normalized spacial score (nSPS) is 20.1. The Labute approximate surface area is 117 Å². The molecule has 0 aliphatic carbocycles. The highest BCUT2D eigenvalue weighted by Gasteiger charge is 2.27. The molecule has 0 spiro atoms. The Hall–Kier alpha value is -1.73. The molecule has 1 aliphatic rings. The fourth-order valence-electron chi connectivity index (χ4n) is 2.62. The number of rotatable bonds is 5. The number of likely N-dealkylation sites (N-methyl/N-ethyl adjacent to an activating group) is 1. The average Bonchev–Trinajstić information content (AvgIpc) is 3.12. The largest absolute Gasteiger partial charge is 0.360 e. The SMILES string of the molecule is Cc1nc(CN(C)[C@H]2CCN(Cc3ccno3)C2)no1. The van der Waals surface area contributed by atoms with Crippen LogP contribution in [0.2, 0.25) is 0 Å². The minimum absolute atomic E-state index is 0.511. The van der Waals surface area contributed by atoms with Gasteiger partial charge in [0.05, 0.1) is 19.3 Å². The number of aromatic nitrogens is 3. The van der Waals surface area contributed by atoms with Crippen LogP contribution in [-0.4, -0.2) is 51.3 Å². The number of aryl methyl sites for hydroxylation is 1. The van der Waals surface area contributed by atoms with E-state index < -0.39 is 0 Å². The van der Waals surface area contributed by atoms with E-state index in [9.17, 15) is 0 Å². The molecular formula is C13H19N5O2. The zero-order chi connectivity index (χ0) is 13.9. The summed E-state index contributed by atoms with van der Waals surface area (Å²) in [5, 5.41) is 7.68. The van der Waals surface area contributed by atoms with Gasteiger partial charge in [-0.25, -0.2) is 0 Å². The zero-order valence-electron chi connectivity index (χ0n) is 11.8. The summed E-state index contributed by atoms with van der Waals surface area (Å²) in [6, 6.07) is 2.43. The third kappa shape index (κ3) is 3.05. The van der Waals surface area contributed by atoms with Gasteiger partial charge in [-0.05, 0) is 13.5 Å². The molecule has 1 aliphatic heterocycles. The summed E-state index contributed by atoms with van der Waals surface area (Å²) in [5.41, 5.74) is 0. The van der Waals surface area contributed by atoms with Gasteiger partial charge in [-0.1, -0.05) is 10.3 Å². The summed E-state index contributed by atoms with van der Waals surface area (Å²) >= 11 is 0. The Morgan fingerprint density at radius 2 is 2.35 bits per heavy atom. The molecule has 7 nitrogen and oxygen atoms in total. The van der Waals surface area contributed by atoms with Crippen molar-refractivity contribution < 1.29 is 9.05 Å². The third-order valence-electron chi connectivity index (χ3n) is 3.70. The molecule has 0 saturated carbocycles. The highest BCUT2D eigenvalue weighted by molar-refractivity contribution is 4.95. The second-order valence-electron chi connectivity index (χ2n) is 5.30. The van der Waals surface area contributed by atoms with E-state index in [0.717, 1.165) is 44.2 Å². The molecular weight excluding hydrogens is 258 g/mol. The first-order valence-corrected chi connectivity index (χ1v) is 6.82. The van der Waals surface area contributed by atoms with Crippen molar-refractivity contribution in [2.24, 2.45) is 0 Å². The summed E-state index contributed by atoms with van der Waals surface area (Å²) in [6.45, 7) is 5.45. The maximum atomic E-state index is 5.15. The molecule has 0 unspecified atom stereocenters. The van der Waals surface area contributed by atoms with E-state index in [1.165, 1.54) is 0 Å². The number of likely N-dealkylation sites (tertiary alicyclic amines) is 1. The monoisotopic (exact) mass is 277 g/mol. The summed E-state index contributed by atoms with van der Waals surface area (Å²) in [4.78, 5) is 8.91. The molecule has 108 valence electrons. The van der Waals surface area contributed by atoms with E-state index in [4.69, 9.17) is 9.05 Å². The average molecular weight is 277 g/mol. The van der Waals surface area contributed by atoms with Crippen LogP contribution in [-0.2, 0) is 13.1 Å². The third-order valence-corrected chi connectivity index (χ3v) is 3.70. The molecule has 1 fully saturated rings. The van der Waals surface area contributed by atoms with Crippen LogP contribution in [0.3, 0.4) is 0 Å². The minimum atomic E-state index is 0.511. The lowest BCUT2D eigenvalue weighted by Crippen LogP contribution is -2.34. The predicted molar refractivity (Wildman–Crippen MR) is 70.7 cm³/mol. The molecule has 1 atom stereocenters. The van der Waals surface area contributed by atoms with Gasteiger partial charge in [-0.2, -0.15) is 4.98 Å². The molecule has 7 heteroatoms. The molecule has 0 amide bonds. The minimum Gasteiger partial charge on any atom is -0.360 e. The predicted octanol–water partition coefficient (Wildman–Crippen LogP) is 1.07. The molecule has 2 aromatic rings. The smallest absolute Gasteiger partial charge is 0.223 e. The van der Waals surface area contributed by atoms with Crippen molar-refractivity contribution >= 4 is 0 Å². The second kappa shape index (κ2) is 5.72. The first-order chi connectivity index (χ1) is 9.70. The van der Waals surface area contributed by atoms with Crippen LogP contribution < -0.4 is 0 Å². The van der Waals surface area contributed by atoms with Crippen LogP contribution in [0.1, 0.15) is 23.9 Å². The first kappa shape index (κ1) is 13.3. The Balaban J connectivity index is 1.51. The van der Waals surface area contributed by atoms with Gasteiger partial charge < -0.3 is 9.05 Å². The van der Waals surface area contributed by atoms with Gasteiger partial charge in [-0.3, -0.25) is 9.80 Å². The van der Waals surface area contributed by atoms with Gasteiger partial charge in [0.25, 0.3) is 0 Å². The molecule has 1 saturated heterocycles. The van der Waals surface area contributed by atoms with E-state index >= 15 is 0 Å². The molecule has 0 bridgehead atoms. The fourth-order valence-corrected chi connectivity index (χ4v) is 2.62. The van der Waals surface area contributed by atoms with Crippen LogP contribution in [0.5, 0.6) is 0 Å². The number of hydrogen-bond donors (Lipinski definition) is 0. The standard InChI is InChI=1S/C13H19N5O2/c1-10-15-13(16-19-10)9-17(2)11-4-6-18(7-11)8-12-3-5-14-20-12/h3,5,11H,4,6-9H2,1-2H3/t11-/m0/s1. The van der Waals surface area contributed by atoms with E-state index in [-0.39, 0.29) is 0 Å². The number of nitrogens with zero attached hydrogens (tertiary/aromatic N) is 5. The van der Waals surface area contributed by atoms with E-state index in [0.29, 0.717) is 11.9 Å². The molecule has 0 radical (unpaired) electrons. The van der Waals surface area contributed by atoms with Crippen molar-refractivity contribution in [3.63, 3.8) is 0 Å². The lowest BCUT2D eigenvalue weighted by atomic mass is 10.2. The van der Waals surface area contributed by atoms with E-state index in [1.807, 2.05) is 13.0 Å². The van der Waals surface area contributed by atoms with Gasteiger partial charge in [-0.15, -0.1) is 0 Å². The molecule has 3 heterocycles. The topological polar surface area (TPSA) is 71.4 Å². The van der Waals surface area contributed by atoms with Crippen LogP contribution >= 0.6 is 0 Å². The van der Waals surface area contributed by atoms with Crippen molar-refractivity contribution in [3.8, 4) is 0 Å². The van der Waals surface area contributed by atoms with E-state index in [2.05, 4.69) is 32.1 Å². The van der Waals surface area contributed by atoms with Gasteiger partial charge in [0.2, 0.25) is 5.89 Å². The van der Waals surface area contributed by atoms with Gasteiger partial charge in [0.1, 0.15) is 0 Å². The molecule has 2 aromatic heterocycles. The molecule has 20 heavy (non-hydrogen) atoms. The molecule has 0 aromatic carbocycles. The van der Waals surface area contributed by atoms with Crippen molar-refractivity contribution in [1.29, 1.82) is 0 Å². The quantitative estimate of drug-likeness (QED) is 0.809. The summed E-state index contributed by atoms with van der Waals surface area (Å²) < 4.78 is 10.2. The lowest BCUT2D eigenvalue weighted by molar-refractivity contribution is 0.208. The van der Waals surface area contributed by atoms with Crippen molar-refractivity contribution in [3.05, 3.63) is 29.7 Å². The molecule has 3 rings (SSSR count). The fraction of sp³-hybridized carbons (Fsp3) is 0.615. The maximum Gasteiger partial charge on any atom is 0.223 e. The Morgan fingerprint density at radius 1 is 1.45 bits per heavy atom. The van der Waals surface area contributed by atoms with Crippen LogP contribution in [0.25, 0.3) is 0 Å². The van der Waals surface area contributed by atoms with Crippen LogP contribution in [0, 0.1) is 6.92 Å². The van der Waals surface area contributed by atoms with Crippen molar-refractivity contribution in [1.82, 2.24) is 25.1 Å². The van der Waals surface area contributed by atoms with Crippen molar-refractivity contribution in [2.75, 3.05) is 20.1 Å². The van der Waals surface area contributed by atoms with Crippen LogP contribution in [0.15, 0.2) is 21.3 Å². The van der Waals surface area contributed by atoms with Crippen molar-refractivity contribution in [2.45, 2.75) is 32.5 Å². The first-order valence-electron chi connectivity index (χ1n) is 6.82. The Kier molecular flexibility index (Phi) is 3.79. The summed E-state index contributed by atoms with van der Waals surface area (Å²) in [6.07, 6.45) is 2.83. The maximum absolute atomic E-state index is 5.15. The Morgan fingerprint density at radius 3 is 3.05 bits per heavy atom. The highest BCUT2D eigenvalue weighted by Crippen LogP contribution is 2.18. The lowest BCUT2D eigenvalue weighted by Gasteiger charge is -2.23. The summed E-state index contributed by atoms with van der Waals surface area (Å²) in [7, 11) is 2.11. The van der Waals surface area contributed by atoms with Gasteiger partial charge >= 0.3 is 0 Å². The van der Waals surface area contributed by atoms with E-state index in [1.54, 1.807) is 6.20 Å². The Bertz CT molecular complexity index is 539. The highest BCUT2D eigenvalue weighted by atomic mass is 16.5. The zero-order valence-corrected chi connectivity index (χ0v) is 11.8. The van der Waals surface area contributed by atoms with Crippen LogP contribution in [0.4, 0.5) is 0 Å². The van der Waals surface area contributed by atoms with Gasteiger partial charge in [0.15, 0.2) is 11.6 Å². The second-order valence-corrected chi connectivity index (χ2v) is 5.30. The summed E-state index contributed by atoms with van der Waals surface area (Å²) in [5.74, 6) is 2.28. The molecule has 0 N–H and O–H groups in total.